The Labute approximate surface area is 69.6 Å². The first-order valence-corrected chi connectivity index (χ1v) is 3.77. The summed E-state index contributed by atoms with van der Waals surface area (Å²) in [5.41, 5.74) is 2.41. The number of allylic oxidation sites excluding steroid dienone is 6. The van der Waals surface area contributed by atoms with Crippen LogP contribution in [0.3, 0.4) is 0 Å². The van der Waals surface area contributed by atoms with Gasteiger partial charge in [-0.2, -0.15) is 0 Å². The highest BCUT2D eigenvalue weighted by Crippen LogP contribution is 2.00. The van der Waals surface area contributed by atoms with Gasteiger partial charge in [-0.15, -0.1) is 0 Å². The molecule has 0 aliphatic rings. The molecule has 0 heteroatoms. The van der Waals surface area contributed by atoms with E-state index in [1.807, 2.05) is 13.0 Å². The molecule has 0 atom stereocenters. The molecule has 0 N–H and O–H groups in total. The normalized spacial score (nSPS) is 12.0. The molecule has 0 amide bonds. The summed E-state index contributed by atoms with van der Waals surface area (Å²) >= 11 is 0. The summed E-state index contributed by atoms with van der Waals surface area (Å²) in [4.78, 5) is 0. The van der Waals surface area contributed by atoms with Gasteiger partial charge in [0.1, 0.15) is 0 Å². The Kier molecular flexibility index (Phi) is 5.18. The third kappa shape index (κ3) is 6.85. The van der Waals surface area contributed by atoms with Crippen molar-refractivity contribution in [1.82, 2.24) is 0 Å². The van der Waals surface area contributed by atoms with Crippen LogP contribution in [0.4, 0.5) is 0 Å². The molecule has 0 heterocycles. The summed E-state index contributed by atoms with van der Waals surface area (Å²) in [7, 11) is 0. The van der Waals surface area contributed by atoms with Gasteiger partial charge in [0.15, 0.2) is 0 Å². The SMILES string of the molecule is C=C/C=C(C)\C=C/CC(=C)C. The Bertz CT molecular complexity index is 192. The van der Waals surface area contributed by atoms with Gasteiger partial charge in [-0.1, -0.05) is 48.6 Å². The van der Waals surface area contributed by atoms with Gasteiger partial charge in [0.25, 0.3) is 0 Å². The van der Waals surface area contributed by atoms with Gasteiger partial charge < -0.3 is 0 Å². The van der Waals surface area contributed by atoms with Crippen molar-refractivity contribution in [2.45, 2.75) is 20.3 Å². The third-order valence-electron chi connectivity index (χ3n) is 1.23. The van der Waals surface area contributed by atoms with E-state index in [1.165, 1.54) is 11.1 Å². The fourth-order valence-electron chi connectivity index (χ4n) is 0.687. The molecule has 11 heavy (non-hydrogen) atoms. The zero-order valence-electron chi connectivity index (χ0n) is 7.43. The molecule has 0 nitrogen and oxygen atoms in total. The quantitative estimate of drug-likeness (QED) is 0.422. The smallest absolute Gasteiger partial charge is 0.0141 e. The summed E-state index contributed by atoms with van der Waals surface area (Å²) in [6, 6.07) is 0. The van der Waals surface area contributed by atoms with Gasteiger partial charge in [0.2, 0.25) is 0 Å². The molecule has 0 bridgehead atoms. The molecule has 0 aromatic heterocycles. The molecule has 0 saturated heterocycles. The average molecular weight is 148 g/mol. The molecule has 0 aromatic carbocycles. The van der Waals surface area contributed by atoms with Crippen molar-refractivity contribution >= 4 is 0 Å². The van der Waals surface area contributed by atoms with Crippen molar-refractivity contribution in [2.75, 3.05) is 0 Å². The molecule has 0 rings (SSSR count). The first-order valence-electron chi connectivity index (χ1n) is 3.77. The molecule has 0 aliphatic heterocycles. The van der Waals surface area contributed by atoms with Crippen LogP contribution in [-0.2, 0) is 0 Å². The van der Waals surface area contributed by atoms with E-state index in [2.05, 4.69) is 32.2 Å². The van der Waals surface area contributed by atoms with Crippen LogP contribution in [0, 0.1) is 0 Å². The second-order valence-electron chi connectivity index (χ2n) is 2.71. The van der Waals surface area contributed by atoms with Crippen LogP contribution in [0.2, 0.25) is 0 Å². The number of hydrogen-bond donors (Lipinski definition) is 0. The van der Waals surface area contributed by atoms with E-state index >= 15 is 0 Å². The van der Waals surface area contributed by atoms with E-state index in [9.17, 15) is 0 Å². The molecule has 0 radical (unpaired) electrons. The first kappa shape index (κ1) is 9.96. The van der Waals surface area contributed by atoms with Crippen molar-refractivity contribution in [3.05, 3.63) is 48.6 Å². The van der Waals surface area contributed by atoms with Crippen LogP contribution in [-0.4, -0.2) is 0 Å². The van der Waals surface area contributed by atoms with E-state index in [1.54, 1.807) is 6.08 Å². The Hall–Kier alpha value is -1.04. The Morgan fingerprint density at radius 2 is 2.00 bits per heavy atom. The highest BCUT2D eigenvalue weighted by Gasteiger charge is 1.79. The lowest BCUT2D eigenvalue weighted by atomic mass is 10.2. The lowest BCUT2D eigenvalue weighted by Gasteiger charge is -1.90. The van der Waals surface area contributed by atoms with E-state index in [0.29, 0.717) is 0 Å². The second-order valence-corrected chi connectivity index (χ2v) is 2.71. The van der Waals surface area contributed by atoms with Crippen LogP contribution < -0.4 is 0 Å². The Morgan fingerprint density at radius 1 is 1.36 bits per heavy atom. The molecule has 0 spiro atoms. The number of hydrogen-bond acceptors (Lipinski definition) is 0. The summed E-state index contributed by atoms with van der Waals surface area (Å²) in [5.74, 6) is 0. The van der Waals surface area contributed by atoms with E-state index in [4.69, 9.17) is 0 Å². The van der Waals surface area contributed by atoms with Crippen molar-refractivity contribution in [2.24, 2.45) is 0 Å². The fourth-order valence-corrected chi connectivity index (χ4v) is 0.687. The van der Waals surface area contributed by atoms with Crippen LogP contribution in [0.5, 0.6) is 0 Å². The topological polar surface area (TPSA) is 0 Å². The summed E-state index contributed by atoms with van der Waals surface area (Å²) < 4.78 is 0. The largest absolute Gasteiger partial charge is 0.0998 e. The minimum Gasteiger partial charge on any atom is -0.0998 e. The van der Waals surface area contributed by atoms with Crippen molar-refractivity contribution in [3.8, 4) is 0 Å². The maximum atomic E-state index is 3.81. The van der Waals surface area contributed by atoms with Gasteiger partial charge in [-0.05, 0) is 20.3 Å². The highest BCUT2D eigenvalue weighted by molar-refractivity contribution is 5.21. The minimum absolute atomic E-state index is 0.961. The lowest BCUT2D eigenvalue weighted by molar-refractivity contribution is 1.22. The first-order chi connectivity index (χ1) is 5.16. The highest BCUT2D eigenvalue weighted by atomic mass is 13.9. The Morgan fingerprint density at radius 3 is 2.45 bits per heavy atom. The van der Waals surface area contributed by atoms with Crippen molar-refractivity contribution in [1.29, 1.82) is 0 Å². The van der Waals surface area contributed by atoms with Crippen LogP contribution >= 0.6 is 0 Å². The van der Waals surface area contributed by atoms with Crippen LogP contribution in [0.1, 0.15) is 20.3 Å². The average Bonchev–Trinajstić information content (AvgIpc) is 1.87. The summed E-state index contributed by atoms with van der Waals surface area (Å²) in [5, 5.41) is 0. The molecular formula is C11H16. The third-order valence-corrected chi connectivity index (χ3v) is 1.23. The molecule has 60 valence electrons. The van der Waals surface area contributed by atoms with Gasteiger partial charge in [-0.25, -0.2) is 0 Å². The Balaban J connectivity index is 3.83. The zero-order chi connectivity index (χ0) is 8.69. The predicted molar refractivity (Wildman–Crippen MR) is 52.5 cm³/mol. The fraction of sp³-hybridized carbons (Fsp3) is 0.273. The van der Waals surface area contributed by atoms with Crippen molar-refractivity contribution in [3.63, 3.8) is 0 Å². The van der Waals surface area contributed by atoms with Gasteiger partial charge in [0, 0.05) is 0 Å². The number of rotatable bonds is 4. The van der Waals surface area contributed by atoms with Gasteiger partial charge in [0.05, 0.1) is 0 Å². The lowest BCUT2D eigenvalue weighted by Crippen LogP contribution is -1.69. The van der Waals surface area contributed by atoms with Crippen LogP contribution in [0.25, 0.3) is 0 Å². The van der Waals surface area contributed by atoms with E-state index in [-0.39, 0.29) is 0 Å². The minimum atomic E-state index is 0.961. The summed E-state index contributed by atoms with van der Waals surface area (Å²) in [6.07, 6.45) is 8.92. The molecule has 0 aromatic rings. The second kappa shape index (κ2) is 5.72. The monoisotopic (exact) mass is 148 g/mol. The maximum absolute atomic E-state index is 3.81. The zero-order valence-corrected chi connectivity index (χ0v) is 7.43. The summed E-state index contributed by atoms with van der Waals surface area (Å²) in [6.45, 7) is 11.5. The molecule has 0 saturated carbocycles. The molecule has 0 aliphatic carbocycles. The molecule has 0 unspecified atom stereocenters. The maximum Gasteiger partial charge on any atom is -0.0141 e. The van der Waals surface area contributed by atoms with Gasteiger partial charge >= 0.3 is 0 Å². The standard InChI is InChI=1S/C11H16/c1-5-7-11(4)9-6-8-10(2)3/h5-7,9H,1-2,8H2,3-4H3/b9-6-,11-7-. The van der Waals surface area contributed by atoms with Gasteiger partial charge in [-0.3, -0.25) is 0 Å². The van der Waals surface area contributed by atoms with Crippen molar-refractivity contribution < 1.29 is 0 Å². The molecule has 0 fully saturated rings. The van der Waals surface area contributed by atoms with Crippen LogP contribution in [0.15, 0.2) is 48.6 Å². The van der Waals surface area contributed by atoms with E-state index < -0.39 is 0 Å². The van der Waals surface area contributed by atoms with E-state index in [0.717, 1.165) is 6.42 Å². The predicted octanol–water partition coefficient (Wildman–Crippen LogP) is 3.64. The molecular weight excluding hydrogens is 132 g/mol.